The van der Waals surface area contributed by atoms with Gasteiger partial charge in [-0.2, -0.15) is 5.10 Å². The van der Waals surface area contributed by atoms with Crippen LogP contribution < -0.4 is 5.43 Å². The second kappa shape index (κ2) is 7.31. The van der Waals surface area contributed by atoms with Crippen LogP contribution in [0.1, 0.15) is 11.3 Å². The zero-order valence-corrected chi connectivity index (χ0v) is 15.0. The molecule has 2 aromatic carbocycles. The van der Waals surface area contributed by atoms with Crippen LogP contribution in [0.25, 0.3) is 11.3 Å². The van der Waals surface area contributed by atoms with Crippen LogP contribution >= 0.6 is 34.8 Å². The summed E-state index contributed by atoms with van der Waals surface area (Å²) in [6.45, 7) is 1.92. The highest BCUT2D eigenvalue weighted by Gasteiger charge is 2.08. The van der Waals surface area contributed by atoms with E-state index in [9.17, 15) is 0 Å². The Balaban J connectivity index is 1.75. The predicted molar refractivity (Wildman–Crippen MR) is 102 cm³/mol. The largest absolute Gasteiger partial charge is 0.455 e. The fourth-order valence-corrected chi connectivity index (χ4v) is 2.83. The monoisotopic (exact) mass is 378 g/mol. The molecule has 1 aromatic heterocycles. The first kappa shape index (κ1) is 16.9. The predicted octanol–water partition coefficient (Wildman–Crippen LogP) is 6.66. The number of hydrazone groups is 1. The molecule has 0 aliphatic carbocycles. The quantitative estimate of drug-likeness (QED) is 0.406. The fraction of sp³-hybridized carbons (Fsp3) is 0.0556. The Hall–Kier alpha value is -1.94. The number of nitrogens with zero attached hydrogens (tertiary/aromatic N) is 1. The SMILES string of the molecule is Cc1c(Cl)cccc1NN=Cc1ccc(-c2ccc(Cl)cc2Cl)o1. The Morgan fingerprint density at radius 1 is 1.00 bits per heavy atom. The van der Waals surface area contributed by atoms with Gasteiger partial charge in [-0.15, -0.1) is 0 Å². The smallest absolute Gasteiger partial charge is 0.147 e. The zero-order valence-electron chi connectivity index (χ0n) is 12.7. The van der Waals surface area contributed by atoms with Crippen molar-refractivity contribution in [1.29, 1.82) is 0 Å². The van der Waals surface area contributed by atoms with Crippen molar-refractivity contribution in [1.82, 2.24) is 0 Å². The van der Waals surface area contributed by atoms with Crippen LogP contribution in [0, 0.1) is 6.92 Å². The molecule has 0 aliphatic heterocycles. The lowest BCUT2D eigenvalue weighted by Gasteiger charge is -2.05. The Kier molecular flexibility index (Phi) is 5.14. The second-order valence-corrected chi connectivity index (χ2v) is 6.36. The molecular formula is C18H13Cl3N2O. The van der Waals surface area contributed by atoms with Crippen LogP contribution in [0.2, 0.25) is 15.1 Å². The molecule has 0 bridgehead atoms. The first-order valence-electron chi connectivity index (χ1n) is 7.14. The zero-order chi connectivity index (χ0) is 17.1. The molecule has 0 saturated heterocycles. The molecule has 0 amide bonds. The maximum Gasteiger partial charge on any atom is 0.147 e. The van der Waals surface area contributed by atoms with E-state index < -0.39 is 0 Å². The summed E-state index contributed by atoms with van der Waals surface area (Å²) in [6, 6.07) is 14.5. The minimum absolute atomic E-state index is 0.535. The first-order chi connectivity index (χ1) is 11.5. The average Bonchev–Trinajstić information content (AvgIpc) is 3.00. The number of benzene rings is 2. The van der Waals surface area contributed by atoms with E-state index in [0.29, 0.717) is 26.6 Å². The van der Waals surface area contributed by atoms with Crippen LogP contribution in [0.15, 0.2) is 58.0 Å². The Bertz CT molecular complexity index is 903. The summed E-state index contributed by atoms with van der Waals surface area (Å²) >= 11 is 18.2. The van der Waals surface area contributed by atoms with E-state index in [1.807, 2.05) is 43.3 Å². The van der Waals surface area contributed by atoms with Crippen molar-refractivity contribution in [2.24, 2.45) is 5.10 Å². The van der Waals surface area contributed by atoms with Gasteiger partial charge in [0, 0.05) is 15.6 Å². The Morgan fingerprint density at radius 3 is 2.62 bits per heavy atom. The van der Waals surface area contributed by atoms with Gasteiger partial charge in [0.1, 0.15) is 11.5 Å². The number of furan rings is 1. The van der Waals surface area contributed by atoms with Gasteiger partial charge in [0.25, 0.3) is 0 Å². The summed E-state index contributed by atoms with van der Waals surface area (Å²) in [5.41, 5.74) is 5.50. The number of rotatable bonds is 4. The lowest BCUT2D eigenvalue weighted by molar-refractivity contribution is 0.575. The van der Waals surface area contributed by atoms with Crippen molar-refractivity contribution in [3.63, 3.8) is 0 Å². The highest BCUT2D eigenvalue weighted by Crippen LogP contribution is 2.31. The minimum atomic E-state index is 0.535. The number of nitrogens with one attached hydrogen (secondary N) is 1. The molecule has 24 heavy (non-hydrogen) atoms. The Labute approximate surface area is 154 Å². The average molecular weight is 380 g/mol. The molecule has 3 nitrogen and oxygen atoms in total. The maximum atomic E-state index is 6.19. The molecule has 1 heterocycles. The molecule has 3 rings (SSSR count). The van der Waals surface area contributed by atoms with E-state index in [-0.39, 0.29) is 0 Å². The van der Waals surface area contributed by atoms with Gasteiger partial charge >= 0.3 is 0 Å². The number of hydrogen-bond donors (Lipinski definition) is 1. The normalized spacial score (nSPS) is 11.2. The third kappa shape index (κ3) is 3.75. The van der Waals surface area contributed by atoms with Crippen molar-refractivity contribution in [3.8, 4) is 11.3 Å². The van der Waals surface area contributed by atoms with Crippen LogP contribution in [0.3, 0.4) is 0 Å². The standard InChI is InChI=1S/C18H13Cl3N2O/c1-11-15(20)3-2-4-17(11)23-22-10-13-6-8-18(24-13)14-7-5-12(19)9-16(14)21/h2-10,23H,1H3. The molecule has 0 saturated carbocycles. The number of anilines is 1. The molecule has 0 spiro atoms. The third-order valence-corrected chi connectivity index (χ3v) is 4.43. The van der Waals surface area contributed by atoms with E-state index in [2.05, 4.69) is 10.5 Å². The lowest BCUT2D eigenvalue weighted by Crippen LogP contribution is -1.92. The molecule has 0 atom stereocenters. The molecule has 0 aliphatic rings. The second-order valence-electron chi connectivity index (χ2n) is 5.11. The summed E-state index contributed by atoms with van der Waals surface area (Å²) in [4.78, 5) is 0. The van der Waals surface area contributed by atoms with Gasteiger partial charge in [0.15, 0.2) is 0 Å². The molecular weight excluding hydrogens is 367 g/mol. The molecule has 122 valence electrons. The maximum absolute atomic E-state index is 6.19. The van der Waals surface area contributed by atoms with Crippen LogP contribution in [-0.2, 0) is 0 Å². The van der Waals surface area contributed by atoms with Crippen LogP contribution in [-0.4, -0.2) is 6.21 Å². The molecule has 0 radical (unpaired) electrons. The molecule has 0 fully saturated rings. The fourth-order valence-electron chi connectivity index (χ4n) is 2.15. The van der Waals surface area contributed by atoms with E-state index in [1.54, 1.807) is 18.3 Å². The number of halogens is 3. The van der Waals surface area contributed by atoms with Crippen LogP contribution in [0.5, 0.6) is 0 Å². The van der Waals surface area contributed by atoms with E-state index in [0.717, 1.165) is 16.8 Å². The van der Waals surface area contributed by atoms with Gasteiger partial charge in [-0.05, 0) is 55.0 Å². The van der Waals surface area contributed by atoms with Gasteiger partial charge in [-0.3, -0.25) is 5.43 Å². The summed E-state index contributed by atoms with van der Waals surface area (Å²) in [5.74, 6) is 1.25. The van der Waals surface area contributed by atoms with Crippen molar-refractivity contribution in [2.75, 3.05) is 5.43 Å². The minimum Gasteiger partial charge on any atom is -0.455 e. The van der Waals surface area contributed by atoms with Crippen molar-refractivity contribution in [3.05, 3.63) is 74.9 Å². The van der Waals surface area contributed by atoms with Gasteiger partial charge in [0.05, 0.1) is 16.9 Å². The lowest BCUT2D eigenvalue weighted by atomic mass is 10.2. The van der Waals surface area contributed by atoms with Gasteiger partial charge in [-0.25, -0.2) is 0 Å². The van der Waals surface area contributed by atoms with Crippen molar-refractivity contribution < 1.29 is 4.42 Å². The van der Waals surface area contributed by atoms with E-state index in [4.69, 9.17) is 39.2 Å². The van der Waals surface area contributed by atoms with Gasteiger partial charge < -0.3 is 4.42 Å². The highest BCUT2D eigenvalue weighted by atomic mass is 35.5. The van der Waals surface area contributed by atoms with Gasteiger partial charge in [0.2, 0.25) is 0 Å². The van der Waals surface area contributed by atoms with Crippen molar-refractivity contribution >= 4 is 46.7 Å². The summed E-state index contributed by atoms with van der Waals surface area (Å²) in [6.07, 6.45) is 1.59. The Morgan fingerprint density at radius 2 is 1.83 bits per heavy atom. The van der Waals surface area contributed by atoms with Gasteiger partial charge in [-0.1, -0.05) is 40.9 Å². The number of hydrogen-bond acceptors (Lipinski definition) is 3. The molecule has 1 N–H and O–H groups in total. The molecule has 3 aromatic rings. The highest BCUT2D eigenvalue weighted by molar-refractivity contribution is 6.36. The topological polar surface area (TPSA) is 37.5 Å². The summed E-state index contributed by atoms with van der Waals surface area (Å²) in [5, 5.41) is 5.98. The third-order valence-electron chi connectivity index (χ3n) is 3.47. The van der Waals surface area contributed by atoms with E-state index in [1.165, 1.54) is 0 Å². The van der Waals surface area contributed by atoms with E-state index >= 15 is 0 Å². The molecule has 6 heteroatoms. The summed E-state index contributed by atoms with van der Waals surface area (Å²) < 4.78 is 5.74. The molecule has 0 unspecified atom stereocenters. The first-order valence-corrected chi connectivity index (χ1v) is 8.27. The summed E-state index contributed by atoms with van der Waals surface area (Å²) in [7, 11) is 0. The van der Waals surface area contributed by atoms with Crippen molar-refractivity contribution in [2.45, 2.75) is 6.92 Å². The van der Waals surface area contributed by atoms with Crippen LogP contribution in [0.4, 0.5) is 5.69 Å².